The highest BCUT2D eigenvalue weighted by Crippen LogP contribution is 2.39. The molecule has 144 valence electrons. The number of carbonyl (C=O) groups is 2. The molecule has 2 amide bonds. The largest absolute Gasteiger partial charge is 0.326 e. The summed E-state index contributed by atoms with van der Waals surface area (Å²) >= 11 is 1.40. The average molecular weight is 394 g/mol. The highest BCUT2D eigenvalue weighted by atomic mass is 32.2. The molecule has 1 heterocycles. The number of para-hydroxylation sites is 1. The molecule has 1 N–H and O–H groups in total. The van der Waals surface area contributed by atoms with Crippen LogP contribution in [-0.4, -0.2) is 33.2 Å². The van der Waals surface area contributed by atoms with Crippen LogP contribution in [0.15, 0.2) is 53.5 Å². The first-order valence-electron chi connectivity index (χ1n) is 9.52. The molecule has 2 aromatic carbocycles. The Morgan fingerprint density at radius 2 is 1.93 bits per heavy atom. The van der Waals surface area contributed by atoms with Crippen molar-refractivity contribution in [2.75, 3.05) is 5.32 Å². The third-order valence-corrected chi connectivity index (χ3v) is 6.04. The van der Waals surface area contributed by atoms with Gasteiger partial charge in [0.25, 0.3) is 0 Å². The zero-order valence-electron chi connectivity index (χ0n) is 16.0. The molecule has 1 atom stereocenters. The smallest absolute Gasteiger partial charge is 0.242 e. The van der Waals surface area contributed by atoms with Crippen LogP contribution < -0.4 is 5.32 Å². The van der Waals surface area contributed by atoms with Crippen LogP contribution in [0.4, 0.5) is 11.4 Å². The zero-order valence-corrected chi connectivity index (χ0v) is 16.8. The van der Waals surface area contributed by atoms with E-state index in [1.807, 2.05) is 62.4 Å². The Morgan fingerprint density at radius 1 is 1.18 bits per heavy atom. The van der Waals surface area contributed by atoms with Crippen molar-refractivity contribution >= 4 is 40.1 Å². The van der Waals surface area contributed by atoms with Gasteiger partial charge >= 0.3 is 0 Å². The van der Waals surface area contributed by atoms with Gasteiger partial charge in [0.2, 0.25) is 11.8 Å². The fraction of sp³-hybridized carbons (Fsp3) is 0.318. The number of aliphatic imine (C=N–C) groups is 1. The van der Waals surface area contributed by atoms with Crippen molar-refractivity contribution in [3.63, 3.8) is 0 Å². The first-order valence-corrected chi connectivity index (χ1v) is 10.4. The Kier molecular flexibility index (Phi) is 5.22. The second-order valence-electron chi connectivity index (χ2n) is 7.35. The van der Waals surface area contributed by atoms with Crippen molar-refractivity contribution < 1.29 is 9.59 Å². The lowest BCUT2D eigenvalue weighted by Crippen LogP contribution is -2.35. The molecule has 0 bridgehead atoms. The molecule has 6 heteroatoms. The van der Waals surface area contributed by atoms with Crippen LogP contribution in [0.1, 0.15) is 30.4 Å². The number of amides is 2. The summed E-state index contributed by atoms with van der Waals surface area (Å²) in [4.78, 5) is 32.0. The Labute approximate surface area is 169 Å². The second kappa shape index (κ2) is 7.80. The van der Waals surface area contributed by atoms with E-state index in [2.05, 4.69) is 10.3 Å². The van der Waals surface area contributed by atoms with E-state index in [0.29, 0.717) is 5.17 Å². The molecule has 0 aromatic heterocycles. The quantitative estimate of drug-likeness (QED) is 0.818. The average Bonchev–Trinajstić information content (AvgIpc) is 3.45. The summed E-state index contributed by atoms with van der Waals surface area (Å²) in [5.41, 5.74) is 3.79. The second-order valence-corrected chi connectivity index (χ2v) is 8.52. The number of hydrogen-bond acceptors (Lipinski definition) is 4. The predicted molar refractivity (Wildman–Crippen MR) is 114 cm³/mol. The number of rotatable bonds is 5. The number of amidine groups is 1. The lowest BCUT2D eigenvalue weighted by molar-refractivity contribution is -0.128. The summed E-state index contributed by atoms with van der Waals surface area (Å²) in [6.07, 6.45) is 2.15. The van der Waals surface area contributed by atoms with Gasteiger partial charge in [-0.1, -0.05) is 47.7 Å². The molecule has 1 saturated heterocycles. The Morgan fingerprint density at radius 3 is 2.61 bits per heavy atom. The van der Waals surface area contributed by atoms with E-state index < -0.39 is 5.25 Å². The SMILES string of the molecule is Cc1ccc(NC(=O)C[C@@H]2SC(=Nc3ccccc3)N(C3CC3)C2=O)c(C)c1. The Bertz CT molecular complexity index is 938. The molecular weight excluding hydrogens is 370 g/mol. The van der Waals surface area contributed by atoms with Gasteiger partial charge in [0.05, 0.1) is 5.69 Å². The highest BCUT2D eigenvalue weighted by molar-refractivity contribution is 8.15. The Hall–Kier alpha value is -2.60. The first kappa shape index (κ1) is 18.7. The predicted octanol–water partition coefficient (Wildman–Crippen LogP) is 4.43. The van der Waals surface area contributed by atoms with Crippen LogP contribution in [0.2, 0.25) is 0 Å². The standard InChI is InChI=1S/C22H23N3O2S/c1-14-8-11-18(15(2)12-14)24-20(26)13-19-21(27)25(17-9-10-17)22(28-19)23-16-6-4-3-5-7-16/h3-8,11-12,17,19H,9-10,13H2,1-2H3,(H,24,26)/t19-/m0/s1. The molecule has 28 heavy (non-hydrogen) atoms. The number of hydrogen-bond donors (Lipinski definition) is 1. The monoisotopic (exact) mass is 393 g/mol. The summed E-state index contributed by atoms with van der Waals surface area (Å²) in [5, 5.41) is 3.23. The minimum absolute atomic E-state index is 0.00189. The lowest BCUT2D eigenvalue weighted by Gasteiger charge is -2.15. The third-order valence-electron chi connectivity index (χ3n) is 4.89. The molecule has 0 spiro atoms. The van der Waals surface area contributed by atoms with Crippen molar-refractivity contribution in [2.24, 2.45) is 4.99 Å². The van der Waals surface area contributed by atoms with Gasteiger partial charge in [0, 0.05) is 18.2 Å². The molecule has 5 nitrogen and oxygen atoms in total. The summed E-state index contributed by atoms with van der Waals surface area (Å²) in [6.45, 7) is 3.99. The number of benzene rings is 2. The molecule has 0 unspecified atom stereocenters. The van der Waals surface area contributed by atoms with E-state index in [1.54, 1.807) is 4.90 Å². The topological polar surface area (TPSA) is 61.8 Å². The van der Waals surface area contributed by atoms with E-state index in [-0.39, 0.29) is 24.3 Å². The minimum Gasteiger partial charge on any atom is -0.326 e. The summed E-state index contributed by atoms with van der Waals surface area (Å²) in [6, 6.07) is 15.8. The maximum Gasteiger partial charge on any atom is 0.242 e. The highest BCUT2D eigenvalue weighted by Gasteiger charge is 2.46. The van der Waals surface area contributed by atoms with Crippen LogP contribution in [0, 0.1) is 13.8 Å². The van der Waals surface area contributed by atoms with E-state index in [4.69, 9.17) is 0 Å². The van der Waals surface area contributed by atoms with Crippen LogP contribution >= 0.6 is 11.8 Å². The number of carbonyl (C=O) groups excluding carboxylic acids is 2. The molecule has 2 fully saturated rings. The summed E-state index contributed by atoms with van der Waals surface area (Å²) < 4.78 is 0. The summed E-state index contributed by atoms with van der Waals surface area (Å²) in [7, 11) is 0. The van der Waals surface area contributed by atoms with Gasteiger partial charge in [0.1, 0.15) is 5.25 Å². The van der Waals surface area contributed by atoms with Crippen molar-refractivity contribution in [1.29, 1.82) is 0 Å². The van der Waals surface area contributed by atoms with E-state index >= 15 is 0 Å². The molecular formula is C22H23N3O2S. The van der Waals surface area contributed by atoms with Crippen LogP contribution in [-0.2, 0) is 9.59 Å². The number of nitrogens with one attached hydrogen (secondary N) is 1. The zero-order chi connectivity index (χ0) is 19.7. The summed E-state index contributed by atoms with van der Waals surface area (Å²) in [5.74, 6) is -0.146. The third kappa shape index (κ3) is 4.12. The van der Waals surface area contributed by atoms with Gasteiger partial charge in [-0.05, 0) is 50.5 Å². The van der Waals surface area contributed by atoms with Gasteiger partial charge in [-0.2, -0.15) is 0 Å². The maximum absolute atomic E-state index is 12.9. The fourth-order valence-electron chi connectivity index (χ4n) is 3.30. The number of aryl methyl sites for hydroxylation is 2. The van der Waals surface area contributed by atoms with Gasteiger partial charge in [-0.25, -0.2) is 4.99 Å². The van der Waals surface area contributed by atoms with Crippen molar-refractivity contribution in [1.82, 2.24) is 4.90 Å². The first-order chi connectivity index (χ1) is 13.5. The number of anilines is 1. The molecule has 2 aromatic rings. The number of nitrogens with zero attached hydrogens (tertiary/aromatic N) is 2. The van der Waals surface area contributed by atoms with E-state index in [1.165, 1.54) is 11.8 Å². The van der Waals surface area contributed by atoms with E-state index in [0.717, 1.165) is 35.3 Å². The fourth-order valence-corrected chi connectivity index (χ4v) is 4.51. The number of thioether (sulfide) groups is 1. The van der Waals surface area contributed by atoms with E-state index in [9.17, 15) is 9.59 Å². The molecule has 1 aliphatic carbocycles. The van der Waals surface area contributed by atoms with Gasteiger partial charge < -0.3 is 5.32 Å². The Balaban J connectivity index is 1.48. The molecule has 0 radical (unpaired) electrons. The molecule has 2 aliphatic rings. The van der Waals surface area contributed by atoms with Crippen molar-refractivity contribution in [2.45, 2.75) is 44.4 Å². The molecule has 1 aliphatic heterocycles. The lowest BCUT2D eigenvalue weighted by atomic mass is 10.1. The normalized spacial score (nSPS) is 20.6. The van der Waals surface area contributed by atoms with Crippen LogP contribution in [0.3, 0.4) is 0 Å². The maximum atomic E-state index is 12.9. The van der Waals surface area contributed by atoms with Gasteiger partial charge in [-0.15, -0.1) is 0 Å². The van der Waals surface area contributed by atoms with Crippen molar-refractivity contribution in [3.05, 3.63) is 59.7 Å². The van der Waals surface area contributed by atoms with Crippen molar-refractivity contribution in [3.8, 4) is 0 Å². The minimum atomic E-state index is -0.422. The van der Waals surface area contributed by atoms with Crippen LogP contribution in [0.25, 0.3) is 0 Å². The molecule has 4 rings (SSSR count). The van der Waals surface area contributed by atoms with Gasteiger partial charge in [0.15, 0.2) is 5.17 Å². The van der Waals surface area contributed by atoms with Gasteiger partial charge in [-0.3, -0.25) is 14.5 Å². The van der Waals surface area contributed by atoms with Crippen LogP contribution in [0.5, 0.6) is 0 Å². The molecule has 1 saturated carbocycles.